The van der Waals surface area contributed by atoms with Gasteiger partial charge in [0.25, 0.3) is 0 Å². The molecule has 0 radical (unpaired) electrons. The Bertz CT molecular complexity index is 775. The van der Waals surface area contributed by atoms with Crippen LogP contribution in [0.3, 0.4) is 0 Å². The molecule has 0 aliphatic rings. The fraction of sp³-hybridized carbons (Fsp3) is 0.143. The number of halogens is 2. The maximum Gasteiger partial charge on any atom is 0.194 e. The van der Waals surface area contributed by atoms with E-state index in [1.54, 1.807) is 0 Å². The maximum absolute atomic E-state index is 12.9. The Labute approximate surface area is 131 Å². The SMILES string of the molecule is O=S(=O)(CN=Nc1cccc(F)c1)CN=Nc1cccc(F)c1. The molecule has 6 nitrogen and oxygen atoms in total. The fourth-order valence-electron chi connectivity index (χ4n) is 1.51. The van der Waals surface area contributed by atoms with E-state index in [-0.39, 0.29) is 11.4 Å². The van der Waals surface area contributed by atoms with Crippen LogP contribution in [0.2, 0.25) is 0 Å². The zero-order valence-corrected chi connectivity index (χ0v) is 12.6. The lowest BCUT2D eigenvalue weighted by atomic mass is 10.3. The molecule has 0 aliphatic carbocycles. The number of rotatable bonds is 6. The normalized spacial score (nSPS) is 12.3. The Hall–Kier alpha value is -2.55. The Balaban J connectivity index is 1.92. The highest BCUT2D eigenvalue weighted by atomic mass is 32.2. The van der Waals surface area contributed by atoms with Gasteiger partial charge < -0.3 is 0 Å². The molecule has 0 saturated heterocycles. The summed E-state index contributed by atoms with van der Waals surface area (Å²) in [4.78, 5) is 0. The average molecular weight is 338 g/mol. The third kappa shape index (κ3) is 5.99. The number of sulfone groups is 1. The Kier molecular flexibility index (Phi) is 5.58. The Morgan fingerprint density at radius 1 is 0.783 bits per heavy atom. The number of benzene rings is 2. The summed E-state index contributed by atoms with van der Waals surface area (Å²) in [5, 5.41) is 14.2. The molecule has 0 aromatic heterocycles. The van der Waals surface area contributed by atoms with Crippen molar-refractivity contribution < 1.29 is 17.2 Å². The van der Waals surface area contributed by atoms with E-state index in [4.69, 9.17) is 0 Å². The Morgan fingerprint density at radius 2 is 1.22 bits per heavy atom. The standard InChI is InChI=1S/C14H12F2N4O2S/c15-11-3-1-5-13(7-11)19-17-9-23(21,22)10-18-20-14-6-2-4-12(16)8-14/h1-8H,9-10H2. The summed E-state index contributed by atoms with van der Waals surface area (Å²) in [6.07, 6.45) is 0. The van der Waals surface area contributed by atoms with Crippen molar-refractivity contribution in [3.05, 3.63) is 60.2 Å². The quantitative estimate of drug-likeness (QED) is 0.741. The minimum atomic E-state index is -3.65. The van der Waals surface area contributed by atoms with E-state index in [1.807, 2.05) is 0 Å². The molecule has 0 bridgehead atoms. The molecular weight excluding hydrogens is 326 g/mol. The van der Waals surface area contributed by atoms with Gasteiger partial charge in [0.2, 0.25) is 0 Å². The predicted molar refractivity (Wildman–Crippen MR) is 80.5 cm³/mol. The topological polar surface area (TPSA) is 83.6 Å². The summed E-state index contributed by atoms with van der Waals surface area (Å²) in [6.45, 7) is 0. The number of hydrogen-bond acceptors (Lipinski definition) is 6. The summed E-state index contributed by atoms with van der Waals surface area (Å²) < 4.78 is 49.2. The van der Waals surface area contributed by atoms with Crippen LogP contribution in [0.5, 0.6) is 0 Å². The lowest BCUT2D eigenvalue weighted by Crippen LogP contribution is -2.06. The maximum atomic E-state index is 12.9. The van der Waals surface area contributed by atoms with E-state index in [1.165, 1.54) is 36.4 Å². The largest absolute Gasteiger partial charge is 0.225 e. The van der Waals surface area contributed by atoms with Crippen molar-refractivity contribution in [2.24, 2.45) is 20.5 Å². The van der Waals surface area contributed by atoms with Crippen molar-refractivity contribution in [1.29, 1.82) is 0 Å². The van der Waals surface area contributed by atoms with E-state index in [0.717, 1.165) is 12.1 Å². The van der Waals surface area contributed by atoms with E-state index in [9.17, 15) is 17.2 Å². The minimum Gasteiger partial charge on any atom is -0.225 e. The summed E-state index contributed by atoms with van der Waals surface area (Å²) in [6, 6.07) is 10.6. The van der Waals surface area contributed by atoms with Gasteiger partial charge in [-0.3, -0.25) is 0 Å². The van der Waals surface area contributed by atoms with Crippen LogP contribution in [0.4, 0.5) is 20.2 Å². The van der Waals surface area contributed by atoms with Gasteiger partial charge in [0.05, 0.1) is 11.4 Å². The van der Waals surface area contributed by atoms with Gasteiger partial charge in [0.15, 0.2) is 21.6 Å². The molecule has 2 rings (SSSR count). The smallest absolute Gasteiger partial charge is 0.194 e. The lowest BCUT2D eigenvalue weighted by Gasteiger charge is -1.96. The van der Waals surface area contributed by atoms with Crippen molar-refractivity contribution in [1.82, 2.24) is 0 Å². The fourth-order valence-corrected chi connectivity index (χ4v) is 2.06. The summed E-state index contributed by atoms with van der Waals surface area (Å²) in [5.41, 5.74) is 0.420. The molecule has 0 unspecified atom stereocenters. The first kappa shape index (κ1) is 16.8. The van der Waals surface area contributed by atoms with Gasteiger partial charge in [0, 0.05) is 12.1 Å². The van der Waals surface area contributed by atoms with Crippen LogP contribution in [0, 0.1) is 11.6 Å². The first-order chi connectivity index (χ1) is 10.9. The highest BCUT2D eigenvalue weighted by molar-refractivity contribution is 7.91. The predicted octanol–water partition coefficient (Wildman–Crippen LogP) is 4.16. The molecule has 0 fully saturated rings. The van der Waals surface area contributed by atoms with Crippen LogP contribution < -0.4 is 0 Å². The summed E-state index contributed by atoms with van der Waals surface area (Å²) in [5.74, 6) is -2.20. The number of nitrogens with zero attached hydrogens (tertiary/aromatic N) is 4. The van der Waals surface area contributed by atoms with Gasteiger partial charge in [-0.15, -0.1) is 0 Å². The molecule has 0 N–H and O–H groups in total. The molecule has 2 aromatic carbocycles. The average Bonchev–Trinajstić information content (AvgIpc) is 2.47. The van der Waals surface area contributed by atoms with Crippen molar-refractivity contribution in [2.75, 3.05) is 11.8 Å². The second kappa shape index (κ2) is 7.63. The van der Waals surface area contributed by atoms with E-state index >= 15 is 0 Å². The van der Waals surface area contributed by atoms with E-state index in [2.05, 4.69) is 20.5 Å². The van der Waals surface area contributed by atoms with E-state index < -0.39 is 33.2 Å². The van der Waals surface area contributed by atoms with Crippen LogP contribution >= 0.6 is 0 Å². The van der Waals surface area contributed by atoms with Crippen molar-refractivity contribution >= 4 is 21.2 Å². The Morgan fingerprint density at radius 3 is 1.61 bits per heavy atom. The molecule has 120 valence electrons. The van der Waals surface area contributed by atoms with Crippen LogP contribution in [0.1, 0.15) is 0 Å². The third-order valence-electron chi connectivity index (χ3n) is 2.50. The summed E-state index contributed by atoms with van der Waals surface area (Å²) >= 11 is 0. The third-order valence-corrected chi connectivity index (χ3v) is 3.52. The molecule has 0 heterocycles. The van der Waals surface area contributed by atoms with Gasteiger partial charge in [-0.25, -0.2) is 17.2 Å². The zero-order chi connectivity index (χ0) is 16.7. The first-order valence-electron chi connectivity index (χ1n) is 6.41. The molecule has 0 aliphatic heterocycles. The molecular formula is C14H12F2N4O2S. The van der Waals surface area contributed by atoms with Gasteiger partial charge in [-0.05, 0) is 24.3 Å². The minimum absolute atomic E-state index is 0.210. The molecule has 0 spiro atoms. The second-order valence-corrected chi connectivity index (χ2v) is 6.45. The highest BCUT2D eigenvalue weighted by Gasteiger charge is 2.09. The second-order valence-electron chi connectivity index (χ2n) is 4.44. The van der Waals surface area contributed by atoms with Crippen molar-refractivity contribution in [2.45, 2.75) is 0 Å². The summed E-state index contributed by atoms with van der Waals surface area (Å²) in [7, 11) is -3.65. The molecule has 0 saturated carbocycles. The molecule has 23 heavy (non-hydrogen) atoms. The monoisotopic (exact) mass is 338 g/mol. The zero-order valence-electron chi connectivity index (χ0n) is 11.8. The van der Waals surface area contributed by atoms with E-state index in [0.29, 0.717) is 0 Å². The van der Waals surface area contributed by atoms with Crippen molar-refractivity contribution in [3.63, 3.8) is 0 Å². The van der Waals surface area contributed by atoms with Crippen LogP contribution in [-0.2, 0) is 9.84 Å². The van der Waals surface area contributed by atoms with Crippen LogP contribution in [-0.4, -0.2) is 20.2 Å². The highest BCUT2D eigenvalue weighted by Crippen LogP contribution is 2.15. The number of hydrogen-bond donors (Lipinski definition) is 0. The molecule has 0 amide bonds. The number of azo groups is 2. The molecule has 9 heteroatoms. The van der Waals surface area contributed by atoms with Gasteiger partial charge >= 0.3 is 0 Å². The van der Waals surface area contributed by atoms with Gasteiger partial charge in [-0.2, -0.15) is 20.5 Å². The van der Waals surface area contributed by atoms with Crippen molar-refractivity contribution in [3.8, 4) is 0 Å². The first-order valence-corrected chi connectivity index (χ1v) is 8.23. The van der Waals surface area contributed by atoms with Gasteiger partial charge in [0.1, 0.15) is 11.6 Å². The van der Waals surface area contributed by atoms with Crippen LogP contribution in [0.25, 0.3) is 0 Å². The molecule has 2 aromatic rings. The van der Waals surface area contributed by atoms with Crippen LogP contribution in [0.15, 0.2) is 69.0 Å². The van der Waals surface area contributed by atoms with Gasteiger partial charge in [-0.1, -0.05) is 12.1 Å². The molecule has 0 atom stereocenters. The lowest BCUT2D eigenvalue weighted by molar-refractivity contribution is 0.595.